The Morgan fingerprint density at radius 3 is 2.67 bits per heavy atom. The molecule has 1 aliphatic heterocycles. The van der Waals surface area contributed by atoms with Crippen LogP contribution in [0.2, 0.25) is 0 Å². The summed E-state index contributed by atoms with van der Waals surface area (Å²) >= 11 is 5.79. The van der Waals surface area contributed by atoms with Crippen molar-refractivity contribution in [1.82, 2.24) is 4.72 Å². The van der Waals surface area contributed by atoms with Gasteiger partial charge in [0.25, 0.3) is 0 Å². The molecule has 1 N–H and O–H groups in total. The number of nitrogens with one attached hydrogen (secondary N) is 1. The molecular weight excluding hydrogens is 202 g/mol. The summed E-state index contributed by atoms with van der Waals surface area (Å²) in [5, 5.41) is -0.244. The Bertz CT molecular complexity index is 241. The van der Waals surface area contributed by atoms with Crippen LogP contribution in [0.4, 0.5) is 0 Å². The lowest BCUT2D eigenvalue weighted by molar-refractivity contribution is 0.193. The SMILES string of the molecule is CCS(=O)(=O)NC1COCC1Cl. The summed E-state index contributed by atoms with van der Waals surface area (Å²) in [4.78, 5) is 0. The van der Waals surface area contributed by atoms with Crippen LogP contribution in [-0.2, 0) is 14.8 Å². The van der Waals surface area contributed by atoms with Crippen LogP contribution in [0, 0.1) is 0 Å². The minimum atomic E-state index is -3.15. The predicted molar refractivity (Wildman–Crippen MR) is 46.8 cm³/mol. The van der Waals surface area contributed by atoms with E-state index in [1.165, 1.54) is 0 Å². The van der Waals surface area contributed by atoms with Crippen molar-refractivity contribution in [3.05, 3.63) is 0 Å². The van der Waals surface area contributed by atoms with Crippen molar-refractivity contribution in [2.45, 2.75) is 18.3 Å². The average molecular weight is 214 g/mol. The van der Waals surface area contributed by atoms with Crippen LogP contribution in [0.3, 0.4) is 0 Å². The molecule has 0 aliphatic carbocycles. The molecule has 0 aromatic carbocycles. The summed E-state index contributed by atoms with van der Waals surface area (Å²) in [5.74, 6) is 0.0765. The summed E-state index contributed by atoms with van der Waals surface area (Å²) in [7, 11) is -3.15. The molecule has 0 bridgehead atoms. The van der Waals surface area contributed by atoms with Crippen molar-refractivity contribution < 1.29 is 13.2 Å². The van der Waals surface area contributed by atoms with Gasteiger partial charge in [0.15, 0.2) is 0 Å². The van der Waals surface area contributed by atoms with Gasteiger partial charge in [0.1, 0.15) is 0 Å². The van der Waals surface area contributed by atoms with Crippen LogP contribution in [-0.4, -0.2) is 38.8 Å². The molecule has 12 heavy (non-hydrogen) atoms. The van der Waals surface area contributed by atoms with Crippen LogP contribution in [0.1, 0.15) is 6.92 Å². The van der Waals surface area contributed by atoms with Crippen LogP contribution in [0.25, 0.3) is 0 Å². The zero-order chi connectivity index (χ0) is 9.19. The number of halogens is 1. The first-order valence-corrected chi connectivity index (χ1v) is 5.86. The molecule has 72 valence electrons. The Kier molecular flexibility index (Phi) is 3.34. The first-order chi connectivity index (χ1) is 5.55. The second kappa shape index (κ2) is 3.91. The van der Waals surface area contributed by atoms with E-state index in [1.807, 2.05) is 0 Å². The van der Waals surface area contributed by atoms with Gasteiger partial charge in [0, 0.05) is 0 Å². The summed E-state index contributed by atoms with van der Waals surface area (Å²) in [6, 6.07) is -0.267. The number of ether oxygens (including phenoxy) is 1. The van der Waals surface area contributed by atoms with Gasteiger partial charge in [-0.2, -0.15) is 0 Å². The second-order valence-electron chi connectivity index (χ2n) is 2.68. The maximum Gasteiger partial charge on any atom is 0.211 e. The zero-order valence-electron chi connectivity index (χ0n) is 6.79. The summed E-state index contributed by atoms with van der Waals surface area (Å²) in [5.41, 5.74) is 0. The highest BCUT2D eigenvalue weighted by Gasteiger charge is 2.29. The Hall–Kier alpha value is 0.160. The van der Waals surface area contributed by atoms with Gasteiger partial charge >= 0.3 is 0 Å². The van der Waals surface area contributed by atoms with Gasteiger partial charge < -0.3 is 4.74 Å². The number of rotatable bonds is 3. The van der Waals surface area contributed by atoms with Gasteiger partial charge in [-0.1, -0.05) is 0 Å². The largest absolute Gasteiger partial charge is 0.378 e. The molecule has 0 radical (unpaired) electrons. The maximum absolute atomic E-state index is 11.1. The smallest absolute Gasteiger partial charge is 0.211 e. The summed E-state index contributed by atoms with van der Waals surface area (Å²) in [6.07, 6.45) is 0. The van der Waals surface area contributed by atoms with Crippen molar-refractivity contribution in [3.8, 4) is 0 Å². The van der Waals surface area contributed by atoms with Crippen molar-refractivity contribution in [2.75, 3.05) is 19.0 Å². The standard InChI is InChI=1S/C6H12ClNO3S/c1-2-12(9,10)8-6-4-11-3-5(6)7/h5-6,8H,2-4H2,1H3. The molecule has 6 heteroatoms. The lowest BCUT2D eigenvalue weighted by atomic mass is 10.3. The van der Waals surface area contributed by atoms with Gasteiger partial charge in [-0.15, -0.1) is 11.6 Å². The van der Waals surface area contributed by atoms with E-state index in [2.05, 4.69) is 4.72 Å². The third-order valence-electron chi connectivity index (χ3n) is 1.72. The lowest BCUT2D eigenvalue weighted by Gasteiger charge is -2.12. The van der Waals surface area contributed by atoms with Crippen molar-refractivity contribution in [3.63, 3.8) is 0 Å². The van der Waals surface area contributed by atoms with E-state index in [0.717, 1.165) is 0 Å². The molecule has 0 aromatic rings. The van der Waals surface area contributed by atoms with Gasteiger partial charge in [-0.25, -0.2) is 13.1 Å². The lowest BCUT2D eigenvalue weighted by Crippen LogP contribution is -2.41. The molecule has 0 amide bonds. The van der Waals surface area contributed by atoms with Crippen LogP contribution in [0.5, 0.6) is 0 Å². The van der Waals surface area contributed by atoms with Gasteiger partial charge in [-0.05, 0) is 6.92 Å². The predicted octanol–water partition coefficient (Wildman–Crippen LogP) is -0.0681. The number of alkyl halides is 1. The number of hydrogen-bond donors (Lipinski definition) is 1. The van der Waals surface area contributed by atoms with Crippen LogP contribution >= 0.6 is 11.6 Å². The van der Waals surface area contributed by atoms with Crippen molar-refractivity contribution in [2.24, 2.45) is 0 Å². The van der Waals surface area contributed by atoms with E-state index >= 15 is 0 Å². The monoisotopic (exact) mass is 213 g/mol. The molecule has 1 saturated heterocycles. The third-order valence-corrected chi connectivity index (χ3v) is 3.57. The van der Waals surface area contributed by atoms with E-state index in [4.69, 9.17) is 16.3 Å². The third kappa shape index (κ3) is 2.58. The fourth-order valence-corrected chi connectivity index (χ4v) is 2.11. The van der Waals surface area contributed by atoms with E-state index < -0.39 is 10.0 Å². The molecular formula is C6H12ClNO3S. The van der Waals surface area contributed by atoms with Gasteiger partial charge in [0.2, 0.25) is 10.0 Å². The first kappa shape index (κ1) is 10.2. The Morgan fingerprint density at radius 2 is 2.25 bits per heavy atom. The molecule has 1 heterocycles. The summed E-state index contributed by atoms with van der Waals surface area (Å²) in [6.45, 7) is 2.37. The molecule has 0 saturated carbocycles. The van der Waals surface area contributed by atoms with Gasteiger partial charge in [-0.3, -0.25) is 0 Å². The van der Waals surface area contributed by atoms with Crippen LogP contribution in [0.15, 0.2) is 0 Å². The molecule has 1 rings (SSSR count). The van der Waals surface area contributed by atoms with Crippen LogP contribution < -0.4 is 4.72 Å². The normalized spacial score (nSPS) is 30.8. The van der Waals surface area contributed by atoms with E-state index in [1.54, 1.807) is 6.92 Å². The quantitative estimate of drug-likeness (QED) is 0.668. The molecule has 0 spiro atoms. The first-order valence-electron chi connectivity index (χ1n) is 3.77. The van der Waals surface area contributed by atoms with E-state index in [-0.39, 0.29) is 17.2 Å². The highest BCUT2D eigenvalue weighted by Crippen LogP contribution is 2.12. The Labute approximate surface area is 77.3 Å². The molecule has 1 fully saturated rings. The van der Waals surface area contributed by atoms with Crippen molar-refractivity contribution >= 4 is 21.6 Å². The molecule has 0 aromatic heterocycles. The Balaban J connectivity index is 2.51. The number of sulfonamides is 1. The maximum atomic E-state index is 11.1. The number of hydrogen-bond acceptors (Lipinski definition) is 3. The second-order valence-corrected chi connectivity index (χ2v) is 5.28. The molecule has 2 unspecified atom stereocenters. The topological polar surface area (TPSA) is 55.4 Å². The molecule has 1 aliphatic rings. The summed E-state index contributed by atoms with van der Waals surface area (Å²) < 4.78 is 29.6. The molecule has 4 nitrogen and oxygen atoms in total. The van der Waals surface area contributed by atoms with E-state index in [0.29, 0.717) is 13.2 Å². The van der Waals surface area contributed by atoms with Gasteiger partial charge in [0.05, 0.1) is 30.4 Å². The Morgan fingerprint density at radius 1 is 1.58 bits per heavy atom. The average Bonchev–Trinajstić information content (AvgIpc) is 2.36. The van der Waals surface area contributed by atoms with E-state index in [9.17, 15) is 8.42 Å². The van der Waals surface area contributed by atoms with Crippen molar-refractivity contribution in [1.29, 1.82) is 0 Å². The molecule has 2 atom stereocenters. The fraction of sp³-hybridized carbons (Fsp3) is 1.00. The zero-order valence-corrected chi connectivity index (χ0v) is 8.36. The highest BCUT2D eigenvalue weighted by molar-refractivity contribution is 7.89. The minimum Gasteiger partial charge on any atom is -0.378 e. The minimum absolute atomic E-state index is 0.0765. The fourth-order valence-electron chi connectivity index (χ4n) is 0.950. The highest BCUT2D eigenvalue weighted by atomic mass is 35.5.